The highest BCUT2D eigenvalue weighted by atomic mass is 16.5. The fourth-order valence-corrected chi connectivity index (χ4v) is 2.26. The maximum absolute atomic E-state index is 11.8. The van der Waals surface area contributed by atoms with Crippen LogP contribution in [-0.2, 0) is 19.1 Å². The lowest BCUT2D eigenvalue weighted by molar-refractivity contribution is -0.144. The number of carbonyl (C=O) groups excluding carboxylic acids is 3. The predicted molar refractivity (Wildman–Crippen MR) is 69.5 cm³/mol. The van der Waals surface area contributed by atoms with Crippen molar-refractivity contribution >= 4 is 17.7 Å². The number of nitrogens with one attached hydrogen (secondary N) is 1. The van der Waals surface area contributed by atoms with E-state index in [1.807, 2.05) is 4.90 Å². The summed E-state index contributed by atoms with van der Waals surface area (Å²) in [5.74, 6) is -0.417. The van der Waals surface area contributed by atoms with Crippen LogP contribution in [0.5, 0.6) is 0 Å². The van der Waals surface area contributed by atoms with E-state index in [2.05, 4.69) is 5.32 Å². The normalized spacial score (nSPS) is 19.2. The largest absolute Gasteiger partial charge is 0.466 e. The molecule has 6 nitrogen and oxygen atoms in total. The predicted octanol–water partition coefficient (Wildman–Crippen LogP) is 0.109. The molecule has 1 fully saturated rings. The number of nitrogens with zero attached hydrogens (tertiary/aromatic N) is 1. The average molecular weight is 270 g/mol. The molecular weight excluding hydrogens is 248 g/mol. The Morgan fingerprint density at radius 3 is 2.68 bits per heavy atom. The molecule has 19 heavy (non-hydrogen) atoms. The summed E-state index contributed by atoms with van der Waals surface area (Å²) in [6.45, 7) is 3.05. The van der Waals surface area contributed by atoms with E-state index in [9.17, 15) is 14.4 Å². The second-order valence-corrected chi connectivity index (χ2v) is 4.59. The van der Waals surface area contributed by atoms with Gasteiger partial charge < -0.3 is 10.1 Å². The third kappa shape index (κ3) is 4.98. The van der Waals surface area contributed by atoms with Crippen molar-refractivity contribution < 1.29 is 19.1 Å². The molecule has 0 saturated carbocycles. The highest BCUT2D eigenvalue weighted by Crippen LogP contribution is 2.17. The molecule has 0 aromatic heterocycles. The number of hydrogen-bond donors (Lipinski definition) is 1. The molecule has 1 amide bonds. The van der Waals surface area contributed by atoms with E-state index in [0.29, 0.717) is 6.61 Å². The minimum Gasteiger partial charge on any atom is -0.466 e. The van der Waals surface area contributed by atoms with Gasteiger partial charge in [-0.1, -0.05) is 0 Å². The summed E-state index contributed by atoms with van der Waals surface area (Å²) in [5.41, 5.74) is 0. The van der Waals surface area contributed by atoms with E-state index < -0.39 is 0 Å². The Balaban J connectivity index is 2.35. The molecule has 1 heterocycles. The van der Waals surface area contributed by atoms with Crippen LogP contribution < -0.4 is 5.32 Å². The number of Topliss-reactive ketones (excluding diaryl/α,β-unsaturated/α-hetero) is 1. The van der Waals surface area contributed by atoms with Crippen LogP contribution in [0.15, 0.2) is 0 Å². The number of esters is 1. The zero-order chi connectivity index (χ0) is 14.3. The quantitative estimate of drug-likeness (QED) is 0.664. The molecule has 1 atom stereocenters. The molecule has 1 rings (SSSR count). The monoisotopic (exact) mass is 270 g/mol. The molecule has 1 N–H and O–H groups in total. The summed E-state index contributed by atoms with van der Waals surface area (Å²) in [7, 11) is 1.60. The number of carbonyl (C=O) groups is 3. The first-order valence-corrected chi connectivity index (χ1v) is 6.71. The smallest absolute Gasteiger partial charge is 0.306 e. The Labute approximate surface area is 113 Å². The lowest BCUT2D eigenvalue weighted by Gasteiger charge is -2.22. The van der Waals surface area contributed by atoms with Crippen molar-refractivity contribution in [1.29, 1.82) is 0 Å². The van der Waals surface area contributed by atoms with Crippen molar-refractivity contribution in [1.82, 2.24) is 10.2 Å². The summed E-state index contributed by atoms with van der Waals surface area (Å²) in [4.78, 5) is 36.4. The Morgan fingerprint density at radius 1 is 1.32 bits per heavy atom. The van der Waals surface area contributed by atoms with Crippen LogP contribution in [0, 0.1) is 0 Å². The van der Waals surface area contributed by atoms with Gasteiger partial charge in [-0.25, -0.2) is 0 Å². The van der Waals surface area contributed by atoms with Crippen molar-refractivity contribution in [3.63, 3.8) is 0 Å². The van der Waals surface area contributed by atoms with E-state index in [1.54, 1.807) is 14.0 Å². The third-order valence-electron chi connectivity index (χ3n) is 3.21. The molecule has 1 unspecified atom stereocenters. The van der Waals surface area contributed by atoms with Gasteiger partial charge in [0.25, 0.3) is 0 Å². The topological polar surface area (TPSA) is 75.7 Å². The van der Waals surface area contributed by atoms with E-state index in [1.165, 1.54) is 0 Å². The van der Waals surface area contributed by atoms with Gasteiger partial charge in [0, 0.05) is 13.5 Å². The number of ketones is 1. The highest BCUT2D eigenvalue weighted by molar-refractivity contribution is 5.86. The van der Waals surface area contributed by atoms with Gasteiger partial charge in [-0.2, -0.15) is 0 Å². The summed E-state index contributed by atoms with van der Waals surface area (Å²) < 4.78 is 4.77. The number of amides is 1. The average Bonchev–Trinajstić information content (AvgIpc) is 2.84. The summed E-state index contributed by atoms with van der Waals surface area (Å²) in [5, 5.41) is 2.61. The lowest BCUT2D eigenvalue weighted by atomic mass is 10.1. The fourth-order valence-electron chi connectivity index (χ4n) is 2.26. The number of ether oxygens (including phenoxy) is 1. The maximum Gasteiger partial charge on any atom is 0.306 e. The first-order valence-electron chi connectivity index (χ1n) is 6.71. The molecule has 0 radical (unpaired) electrons. The Morgan fingerprint density at radius 2 is 2.05 bits per heavy atom. The van der Waals surface area contributed by atoms with Gasteiger partial charge in [0.05, 0.1) is 25.6 Å². The molecule has 0 aliphatic carbocycles. The van der Waals surface area contributed by atoms with Crippen LogP contribution >= 0.6 is 0 Å². The van der Waals surface area contributed by atoms with Gasteiger partial charge in [0.15, 0.2) is 0 Å². The first kappa shape index (κ1) is 15.6. The van der Waals surface area contributed by atoms with E-state index in [4.69, 9.17) is 4.74 Å². The van der Waals surface area contributed by atoms with E-state index >= 15 is 0 Å². The van der Waals surface area contributed by atoms with Crippen molar-refractivity contribution in [2.45, 2.75) is 38.6 Å². The van der Waals surface area contributed by atoms with Crippen LogP contribution in [0.1, 0.15) is 32.6 Å². The van der Waals surface area contributed by atoms with Crippen LogP contribution in [0.4, 0.5) is 0 Å². The first-order chi connectivity index (χ1) is 9.08. The maximum atomic E-state index is 11.8. The molecule has 0 spiro atoms. The van der Waals surface area contributed by atoms with E-state index in [-0.39, 0.29) is 43.1 Å². The SMILES string of the molecule is CCOC(=O)CCC(=O)CN1CCCC1C(=O)NC. The van der Waals surface area contributed by atoms with Crippen molar-refractivity contribution in [2.24, 2.45) is 0 Å². The number of hydrogen-bond acceptors (Lipinski definition) is 5. The number of likely N-dealkylation sites (tertiary alicyclic amines) is 1. The Kier molecular flexibility index (Phi) is 6.49. The van der Waals surface area contributed by atoms with Crippen LogP contribution in [0.3, 0.4) is 0 Å². The Bertz CT molecular complexity index is 344. The van der Waals surface area contributed by atoms with Gasteiger partial charge in [0.2, 0.25) is 5.91 Å². The van der Waals surface area contributed by atoms with Gasteiger partial charge in [-0.15, -0.1) is 0 Å². The van der Waals surface area contributed by atoms with E-state index in [0.717, 1.165) is 19.4 Å². The van der Waals surface area contributed by atoms with Crippen LogP contribution in [0.2, 0.25) is 0 Å². The molecule has 0 aromatic rings. The number of rotatable bonds is 7. The molecule has 1 saturated heterocycles. The van der Waals surface area contributed by atoms with Crippen molar-refractivity contribution in [3.05, 3.63) is 0 Å². The minimum absolute atomic E-state index is 0.0242. The molecule has 0 aromatic carbocycles. The molecule has 6 heteroatoms. The van der Waals surface area contributed by atoms with Gasteiger partial charge >= 0.3 is 5.97 Å². The van der Waals surface area contributed by atoms with Crippen LogP contribution in [0.25, 0.3) is 0 Å². The highest BCUT2D eigenvalue weighted by Gasteiger charge is 2.30. The van der Waals surface area contributed by atoms with Gasteiger partial charge in [-0.05, 0) is 26.3 Å². The molecular formula is C13H22N2O4. The standard InChI is InChI=1S/C13H22N2O4/c1-3-19-12(17)7-6-10(16)9-15-8-4-5-11(15)13(18)14-2/h11H,3-9H2,1-2H3,(H,14,18). The minimum atomic E-state index is -0.347. The lowest BCUT2D eigenvalue weighted by Crippen LogP contribution is -2.44. The zero-order valence-corrected chi connectivity index (χ0v) is 11.6. The van der Waals surface area contributed by atoms with Crippen LogP contribution in [-0.4, -0.2) is 55.3 Å². The van der Waals surface area contributed by atoms with Crippen molar-refractivity contribution in [3.8, 4) is 0 Å². The molecule has 1 aliphatic heterocycles. The van der Waals surface area contributed by atoms with Gasteiger partial charge in [0.1, 0.15) is 5.78 Å². The van der Waals surface area contributed by atoms with Crippen molar-refractivity contribution in [2.75, 3.05) is 26.7 Å². The van der Waals surface area contributed by atoms with Gasteiger partial charge in [-0.3, -0.25) is 19.3 Å². The second-order valence-electron chi connectivity index (χ2n) is 4.59. The molecule has 1 aliphatic rings. The Hall–Kier alpha value is -1.43. The summed E-state index contributed by atoms with van der Waals surface area (Å²) in [6, 6.07) is -0.212. The molecule has 0 bridgehead atoms. The summed E-state index contributed by atoms with van der Waals surface area (Å²) in [6.07, 6.45) is 2.00. The third-order valence-corrected chi connectivity index (χ3v) is 3.21. The summed E-state index contributed by atoms with van der Waals surface area (Å²) >= 11 is 0. The second kappa shape index (κ2) is 7.89. The zero-order valence-electron chi connectivity index (χ0n) is 11.6. The number of likely N-dealkylation sites (N-methyl/N-ethyl adjacent to an activating group) is 1. The molecule has 108 valence electrons. The fraction of sp³-hybridized carbons (Fsp3) is 0.769.